The molecular formula is C10H11N5O2. The van der Waals surface area contributed by atoms with Crippen LogP contribution in [0.15, 0.2) is 40.7 Å². The molecule has 1 aromatic rings. The Morgan fingerprint density at radius 2 is 2.24 bits per heavy atom. The summed E-state index contributed by atoms with van der Waals surface area (Å²) in [4.78, 5) is 25.3. The Kier molecular flexibility index (Phi) is 5.02. The minimum Gasteiger partial charge on any atom is -0.440 e. The van der Waals surface area contributed by atoms with E-state index in [9.17, 15) is 4.79 Å². The Labute approximate surface area is 98.0 Å². The third kappa shape index (κ3) is 4.65. The predicted molar refractivity (Wildman–Crippen MR) is 62.6 cm³/mol. The summed E-state index contributed by atoms with van der Waals surface area (Å²) in [5.74, 6) is 0.985. The number of hydrogen-bond acceptors (Lipinski definition) is 6. The van der Waals surface area contributed by atoms with Gasteiger partial charge in [0.05, 0.1) is 18.6 Å². The van der Waals surface area contributed by atoms with Crippen LogP contribution in [-0.4, -0.2) is 29.0 Å². The van der Waals surface area contributed by atoms with Crippen LogP contribution in [0.2, 0.25) is 0 Å². The highest BCUT2D eigenvalue weighted by Gasteiger charge is 1.98. The molecule has 0 spiro atoms. The maximum atomic E-state index is 10.3. The molecule has 0 aliphatic heterocycles. The third-order valence-corrected chi connectivity index (χ3v) is 1.50. The number of amides is 1. The molecule has 0 radical (unpaired) electrons. The number of carbonyl (C=O) groups is 1. The highest BCUT2D eigenvalue weighted by molar-refractivity contribution is 5.77. The SMILES string of the molecule is C=NC=C(N=C(C)Oc1cncnc1)NC=O. The molecule has 1 aromatic heterocycles. The first-order valence-corrected chi connectivity index (χ1v) is 4.60. The van der Waals surface area contributed by atoms with Crippen molar-refractivity contribution < 1.29 is 9.53 Å². The van der Waals surface area contributed by atoms with Crippen LogP contribution in [0.1, 0.15) is 6.92 Å². The van der Waals surface area contributed by atoms with E-state index < -0.39 is 0 Å². The van der Waals surface area contributed by atoms with Crippen LogP contribution >= 0.6 is 0 Å². The number of nitrogens with one attached hydrogen (secondary N) is 1. The summed E-state index contributed by atoms with van der Waals surface area (Å²) in [6.45, 7) is 4.88. The number of carbonyl (C=O) groups excluding carboxylic acids is 1. The molecule has 0 aromatic carbocycles. The maximum absolute atomic E-state index is 10.3. The lowest BCUT2D eigenvalue weighted by Crippen LogP contribution is -2.12. The van der Waals surface area contributed by atoms with Crippen LogP contribution in [0.3, 0.4) is 0 Å². The van der Waals surface area contributed by atoms with Gasteiger partial charge >= 0.3 is 0 Å². The van der Waals surface area contributed by atoms with E-state index in [4.69, 9.17) is 4.74 Å². The molecule has 0 saturated heterocycles. The van der Waals surface area contributed by atoms with Gasteiger partial charge in [-0.2, -0.15) is 4.99 Å². The monoisotopic (exact) mass is 233 g/mol. The minimum absolute atomic E-state index is 0.226. The van der Waals surface area contributed by atoms with Crippen molar-refractivity contribution in [2.24, 2.45) is 9.98 Å². The Bertz CT molecular complexity index is 441. The van der Waals surface area contributed by atoms with E-state index in [2.05, 4.69) is 32.0 Å². The number of aliphatic imine (C=N–C) groups is 2. The molecule has 0 aliphatic carbocycles. The summed E-state index contributed by atoms with van der Waals surface area (Å²) in [7, 11) is 0. The fourth-order valence-corrected chi connectivity index (χ4v) is 0.946. The van der Waals surface area contributed by atoms with E-state index in [0.717, 1.165) is 0 Å². The molecular weight excluding hydrogens is 222 g/mol. The summed E-state index contributed by atoms with van der Waals surface area (Å²) in [6, 6.07) is 0. The molecule has 1 N–H and O–H groups in total. The van der Waals surface area contributed by atoms with Crippen molar-refractivity contribution in [1.82, 2.24) is 15.3 Å². The van der Waals surface area contributed by atoms with Crippen molar-refractivity contribution in [2.45, 2.75) is 6.92 Å². The molecule has 1 rings (SSSR count). The quantitative estimate of drug-likeness (QED) is 0.456. The van der Waals surface area contributed by atoms with Gasteiger partial charge in [0.1, 0.15) is 6.33 Å². The summed E-state index contributed by atoms with van der Waals surface area (Å²) in [6.07, 6.45) is 6.16. The van der Waals surface area contributed by atoms with Crippen LogP contribution in [0.5, 0.6) is 5.75 Å². The van der Waals surface area contributed by atoms with Crippen molar-refractivity contribution in [2.75, 3.05) is 0 Å². The lowest BCUT2D eigenvalue weighted by molar-refractivity contribution is -0.108. The van der Waals surface area contributed by atoms with Gasteiger partial charge in [-0.1, -0.05) is 0 Å². The second-order valence-corrected chi connectivity index (χ2v) is 2.77. The van der Waals surface area contributed by atoms with Crippen LogP contribution in [-0.2, 0) is 4.79 Å². The van der Waals surface area contributed by atoms with Gasteiger partial charge in [0.25, 0.3) is 0 Å². The molecule has 7 heteroatoms. The van der Waals surface area contributed by atoms with Crippen molar-refractivity contribution in [1.29, 1.82) is 0 Å². The van der Waals surface area contributed by atoms with Gasteiger partial charge in [-0.05, 0) is 6.72 Å². The zero-order chi connectivity index (χ0) is 12.5. The molecule has 1 heterocycles. The van der Waals surface area contributed by atoms with Crippen LogP contribution in [0, 0.1) is 0 Å². The number of hydrogen-bond donors (Lipinski definition) is 1. The van der Waals surface area contributed by atoms with Gasteiger partial charge in [0.15, 0.2) is 17.5 Å². The first-order valence-electron chi connectivity index (χ1n) is 4.60. The normalized spacial score (nSPS) is 11.8. The molecule has 0 fully saturated rings. The molecule has 0 bridgehead atoms. The molecule has 0 saturated carbocycles. The zero-order valence-corrected chi connectivity index (χ0v) is 9.20. The Hall–Kier alpha value is -2.57. The largest absolute Gasteiger partial charge is 0.440 e. The van der Waals surface area contributed by atoms with Gasteiger partial charge < -0.3 is 10.1 Å². The molecule has 88 valence electrons. The smallest absolute Gasteiger partial charge is 0.212 e. The zero-order valence-electron chi connectivity index (χ0n) is 9.20. The average molecular weight is 233 g/mol. The molecule has 0 atom stereocenters. The average Bonchev–Trinajstić information content (AvgIpc) is 2.30. The molecule has 17 heavy (non-hydrogen) atoms. The second-order valence-electron chi connectivity index (χ2n) is 2.77. The number of rotatable bonds is 5. The maximum Gasteiger partial charge on any atom is 0.212 e. The van der Waals surface area contributed by atoms with Gasteiger partial charge in [-0.15, -0.1) is 0 Å². The van der Waals surface area contributed by atoms with Crippen molar-refractivity contribution in [3.63, 3.8) is 0 Å². The van der Waals surface area contributed by atoms with Gasteiger partial charge in [-0.25, -0.2) is 9.97 Å². The summed E-state index contributed by atoms with van der Waals surface area (Å²) < 4.78 is 5.30. The van der Waals surface area contributed by atoms with Crippen LogP contribution in [0.4, 0.5) is 0 Å². The van der Waals surface area contributed by atoms with Crippen molar-refractivity contribution in [3.05, 3.63) is 30.7 Å². The van der Waals surface area contributed by atoms with Gasteiger partial charge in [0.2, 0.25) is 6.41 Å². The van der Waals surface area contributed by atoms with E-state index in [1.54, 1.807) is 6.92 Å². The minimum atomic E-state index is 0.226. The summed E-state index contributed by atoms with van der Waals surface area (Å²) in [5.41, 5.74) is 0. The fraction of sp³-hybridized carbons (Fsp3) is 0.100. The highest BCUT2D eigenvalue weighted by atomic mass is 16.5. The van der Waals surface area contributed by atoms with Crippen LogP contribution < -0.4 is 10.1 Å². The molecule has 0 unspecified atom stereocenters. The first kappa shape index (κ1) is 12.5. The Morgan fingerprint density at radius 1 is 1.53 bits per heavy atom. The number of nitrogens with zero attached hydrogens (tertiary/aromatic N) is 4. The summed E-state index contributed by atoms with van der Waals surface area (Å²) in [5, 5.41) is 2.35. The van der Waals surface area contributed by atoms with Crippen molar-refractivity contribution in [3.8, 4) is 5.75 Å². The lowest BCUT2D eigenvalue weighted by Gasteiger charge is -2.04. The van der Waals surface area contributed by atoms with E-state index in [1.165, 1.54) is 24.9 Å². The Morgan fingerprint density at radius 3 is 2.82 bits per heavy atom. The van der Waals surface area contributed by atoms with E-state index in [0.29, 0.717) is 18.1 Å². The summed E-state index contributed by atoms with van der Waals surface area (Å²) >= 11 is 0. The highest BCUT2D eigenvalue weighted by Crippen LogP contribution is 2.05. The Balaban J connectivity index is 2.74. The van der Waals surface area contributed by atoms with Gasteiger partial charge in [-0.3, -0.25) is 9.79 Å². The first-order chi connectivity index (χ1) is 8.26. The van der Waals surface area contributed by atoms with Gasteiger partial charge in [0, 0.05) is 6.92 Å². The third-order valence-electron chi connectivity index (χ3n) is 1.50. The molecule has 0 aliphatic rings. The van der Waals surface area contributed by atoms with E-state index >= 15 is 0 Å². The van der Waals surface area contributed by atoms with Crippen LogP contribution in [0.25, 0.3) is 0 Å². The number of aromatic nitrogens is 2. The molecule has 7 nitrogen and oxygen atoms in total. The predicted octanol–water partition coefficient (Wildman–Crippen LogP) is 0.519. The topological polar surface area (TPSA) is 88.8 Å². The van der Waals surface area contributed by atoms with E-state index in [-0.39, 0.29) is 5.82 Å². The fourth-order valence-electron chi connectivity index (χ4n) is 0.946. The standard InChI is InChI=1S/C10H11N5O2/c1-8(15-10(5-11-2)14-7-16)17-9-3-12-6-13-4-9/h3-7H,2H2,1H3,(H,14,16). The lowest BCUT2D eigenvalue weighted by atomic mass is 10.6. The molecule has 1 amide bonds. The second kappa shape index (κ2) is 6.83. The van der Waals surface area contributed by atoms with E-state index in [1.807, 2.05) is 0 Å². The number of ether oxygens (including phenoxy) is 1. The van der Waals surface area contributed by atoms with Crippen molar-refractivity contribution >= 4 is 19.0 Å².